The van der Waals surface area contributed by atoms with Crippen LogP contribution in [-0.2, 0) is 23.9 Å². The summed E-state index contributed by atoms with van der Waals surface area (Å²) in [6.45, 7) is 8.70. The number of carbonyl (C=O) groups is 3. The molecule has 0 aromatic heterocycles. The Labute approximate surface area is 130 Å². The van der Waals surface area contributed by atoms with Crippen LogP contribution in [0.5, 0.6) is 0 Å². The SMILES string of the molecule is C=C1C(=O)O[C@@H]2C=C(CCC(C)=O)[C@H](C)[C@H](OC(C)=O)C[C@@H]12. The normalized spacial score (nSPS) is 31.0. The molecule has 1 aliphatic carbocycles. The standard InChI is InChI=1S/C17H22O5/c1-9(18)5-6-13-7-16-14(11(3)17(20)22-16)8-15(10(13)2)21-12(4)19/h7,10,14-16H,3,5-6,8H2,1-2,4H3/t10-,14-,15+,16+/m0/s1. The van der Waals surface area contributed by atoms with Crippen LogP contribution in [0.4, 0.5) is 0 Å². The first-order valence-corrected chi connectivity index (χ1v) is 7.56. The van der Waals surface area contributed by atoms with E-state index in [4.69, 9.17) is 9.47 Å². The van der Waals surface area contributed by atoms with E-state index >= 15 is 0 Å². The van der Waals surface area contributed by atoms with Crippen LogP contribution in [0.15, 0.2) is 23.8 Å². The van der Waals surface area contributed by atoms with Crippen LogP contribution in [0, 0.1) is 11.8 Å². The third-order valence-electron chi connectivity index (χ3n) is 4.44. The van der Waals surface area contributed by atoms with Crippen LogP contribution in [0.2, 0.25) is 0 Å². The molecular weight excluding hydrogens is 284 g/mol. The molecule has 2 aliphatic rings. The Morgan fingerprint density at radius 3 is 2.68 bits per heavy atom. The maximum Gasteiger partial charge on any atom is 0.334 e. The summed E-state index contributed by atoms with van der Waals surface area (Å²) in [5.41, 5.74) is 1.43. The fourth-order valence-electron chi connectivity index (χ4n) is 3.11. The van der Waals surface area contributed by atoms with Gasteiger partial charge in [0.05, 0.1) is 0 Å². The predicted molar refractivity (Wildman–Crippen MR) is 79.8 cm³/mol. The molecule has 1 aliphatic heterocycles. The second kappa shape index (κ2) is 6.46. The number of hydrogen-bond donors (Lipinski definition) is 0. The minimum Gasteiger partial charge on any atom is -0.462 e. The van der Waals surface area contributed by atoms with Crippen molar-refractivity contribution in [3.63, 3.8) is 0 Å². The highest BCUT2D eigenvalue weighted by atomic mass is 16.6. The second-order valence-corrected chi connectivity index (χ2v) is 6.12. The molecule has 120 valence electrons. The van der Waals surface area contributed by atoms with Gasteiger partial charge < -0.3 is 14.3 Å². The first-order valence-electron chi connectivity index (χ1n) is 7.56. The highest BCUT2D eigenvalue weighted by Gasteiger charge is 2.43. The molecule has 1 fully saturated rings. The predicted octanol–water partition coefficient (Wildman–Crippen LogP) is 2.35. The van der Waals surface area contributed by atoms with Gasteiger partial charge in [0, 0.05) is 30.8 Å². The fraction of sp³-hybridized carbons (Fsp3) is 0.588. The quantitative estimate of drug-likeness (QED) is 0.453. The summed E-state index contributed by atoms with van der Waals surface area (Å²) in [7, 11) is 0. The highest BCUT2D eigenvalue weighted by Crippen LogP contribution is 2.40. The molecule has 5 heteroatoms. The molecule has 0 saturated carbocycles. The Bertz CT molecular complexity index is 545. The lowest BCUT2D eigenvalue weighted by Crippen LogP contribution is -2.28. The Balaban J connectivity index is 2.28. The van der Waals surface area contributed by atoms with E-state index in [0.717, 1.165) is 5.57 Å². The van der Waals surface area contributed by atoms with Crippen molar-refractivity contribution in [2.45, 2.75) is 52.2 Å². The molecule has 0 N–H and O–H groups in total. The van der Waals surface area contributed by atoms with Crippen molar-refractivity contribution in [2.75, 3.05) is 0 Å². The number of carbonyl (C=O) groups excluding carboxylic acids is 3. The molecule has 22 heavy (non-hydrogen) atoms. The van der Waals surface area contributed by atoms with E-state index in [0.29, 0.717) is 24.8 Å². The smallest absolute Gasteiger partial charge is 0.334 e. The average molecular weight is 306 g/mol. The number of ketones is 1. The van der Waals surface area contributed by atoms with Crippen LogP contribution >= 0.6 is 0 Å². The van der Waals surface area contributed by atoms with E-state index in [1.807, 2.05) is 13.0 Å². The first kappa shape index (κ1) is 16.5. The Hall–Kier alpha value is -1.91. The zero-order chi connectivity index (χ0) is 16.4. The number of hydrogen-bond acceptors (Lipinski definition) is 5. The topological polar surface area (TPSA) is 69.7 Å². The van der Waals surface area contributed by atoms with Gasteiger partial charge in [0.15, 0.2) is 0 Å². The minimum absolute atomic E-state index is 0.0136. The molecule has 2 rings (SSSR count). The Morgan fingerprint density at radius 1 is 1.41 bits per heavy atom. The molecule has 4 atom stereocenters. The first-order chi connectivity index (χ1) is 10.3. The lowest BCUT2D eigenvalue weighted by molar-refractivity contribution is -0.149. The number of ether oxygens (including phenoxy) is 2. The number of esters is 2. The Kier molecular flexibility index (Phi) is 4.84. The molecule has 0 unspecified atom stereocenters. The van der Waals surface area contributed by atoms with E-state index in [-0.39, 0.29) is 35.8 Å². The summed E-state index contributed by atoms with van der Waals surface area (Å²) < 4.78 is 10.8. The maximum atomic E-state index is 11.7. The van der Waals surface area contributed by atoms with Gasteiger partial charge in [-0.15, -0.1) is 0 Å². The van der Waals surface area contributed by atoms with E-state index in [9.17, 15) is 14.4 Å². The molecule has 0 bridgehead atoms. The summed E-state index contributed by atoms with van der Waals surface area (Å²) in [4.78, 5) is 34.3. The minimum atomic E-state index is -0.395. The van der Waals surface area contributed by atoms with Gasteiger partial charge in [0.2, 0.25) is 0 Å². The summed E-state index contributed by atoms with van der Waals surface area (Å²) in [5, 5.41) is 0. The third kappa shape index (κ3) is 3.46. The van der Waals surface area contributed by atoms with Gasteiger partial charge in [-0.3, -0.25) is 4.79 Å². The van der Waals surface area contributed by atoms with Gasteiger partial charge in [-0.2, -0.15) is 0 Å². The largest absolute Gasteiger partial charge is 0.462 e. The van der Waals surface area contributed by atoms with Crippen molar-refractivity contribution in [1.29, 1.82) is 0 Å². The molecule has 1 saturated heterocycles. The highest BCUT2D eigenvalue weighted by molar-refractivity contribution is 5.91. The van der Waals surface area contributed by atoms with Crippen molar-refractivity contribution in [3.8, 4) is 0 Å². The van der Waals surface area contributed by atoms with Crippen molar-refractivity contribution in [2.24, 2.45) is 11.8 Å². The van der Waals surface area contributed by atoms with Gasteiger partial charge in [-0.05, 0) is 25.8 Å². The van der Waals surface area contributed by atoms with E-state index < -0.39 is 5.97 Å². The van der Waals surface area contributed by atoms with E-state index in [2.05, 4.69) is 6.58 Å². The monoisotopic (exact) mass is 306 g/mol. The molecule has 0 radical (unpaired) electrons. The molecule has 0 aromatic carbocycles. The summed E-state index contributed by atoms with van der Waals surface area (Å²) in [5.74, 6) is -0.828. The zero-order valence-corrected chi connectivity index (χ0v) is 13.3. The Morgan fingerprint density at radius 2 is 2.09 bits per heavy atom. The molecule has 0 amide bonds. The van der Waals surface area contributed by atoms with Gasteiger partial charge >= 0.3 is 11.9 Å². The number of rotatable bonds is 4. The van der Waals surface area contributed by atoms with Gasteiger partial charge in [-0.25, -0.2) is 4.79 Å². The van der Waals surface area contributed by atoms with Crippen LogP contribution in [0.1, 0.15) is 40.0 Å². The lowest BCUT2D eigenvalue weighted by Gasteiger charge is -2.25. The van der Waals surface area contributed by atoms with Crippen LogP contribution < -0.4 is 0 Å². The maximum absolute atomic E-state index is 11.7. The van der Waals surface area contributed by atoms with E-state index in [1.54, 1.807) is 6.92 Å². The summed E-state index contributed by atoms with van der Waals surface area (Å²) in [6.07, 6.45) is 2.73. The second-order valence-electron chi connectivity index (χ2n) is 6.12. The average Bonchev–Trinajstić information content (AvgIpc) is 2.61. The molecular formula is C17H22O5. The number of Topliss-reactive ketones (excluding diaryl/α,β-unsaturated/α-hetero) is 1. The summed E-state index contributed by atoms with van der Waals surface area (Å²) in [6, 6.07) is 0. The third-order valence-corrected chi connectivity index (χ3v) is 4.44. The van der Waals surface area contributed by atoms with Crippen molar-refractivity contribution in [3.05, 3.63) is 23.8 Å². The summed E-state index contributed by atoms with van der Waals surface area (Å²) >= 11 is 0. The lowest BCUT2D eigenvalue weighted by atomic mass is 9.88. The van der Waals surface area contributed by atoms with Crippen LogP contribution in [-0.4, -0.2) is 29.9 Å². The van der Waals surface area contributed by atoms with Crippen molar-refractivity contribution in [1.82, 2.24) is 0 Å². The number of fused-ring (bicyclic) bond motifs is 1. The van der Waals surface area contributed by atoms with Crippen LogP contribution in [0.25, 0.3) is 0 Å². The van der Waals surface area contributed by atoms with Crippen LogP contribution in [0.3, 0.4) is 0 Å². The van der Waals surface area contributed by atoms with E-state index in [1.165, 1.54) is 6.92 Å². The molecule has 1 heterocycles. The zero-order valence-electron chi connectivity index (χ0n) is 13.3. The van der Waals surface area contributed by atoms with Crippen molar-refractivity contribution >= 4 is 17.7 Å². The molecule has 0 aromatic rings. The van der Waals surface area contributed by atoms with Gasteiger partial charge in [0.25, 0.3) is 0 Å². The molecule has 0 spiro atoms. The van der Waals surface area contributed by atoms with Gasteiger partial charge in [0.1, 0.15) is 18.0 Å². The fourth-order valence-corrected chi connectivity index (χ4v) is 3.11. The van der Waals surface area contributed by atoms with Gasteiger partial charge in [-0.1, -0.05) is 19.1 Å². The molecule has 5 nitrogen and oxygen atoms in total. The van der Waals surface area contributed by atoms with Crippen molar-refractivity contribution < 1.29 is 23.9 Å².